The highest BCUT2D eigenvalue weighted by Gasteiger charge is 2.08. The summed E-state index contributed by atoms with van der Waals surface area (Å²) < 4.78 is 0.896. The molecular formula is C11H8ClIN2O2S. The molecular weight excluding hydrogens is 387 g/mol. The van der Waals surface area contributed by atoms with Crippen molar-refractivity contribution in [2.24, 2.45) is 0 Å². The molecule has 4 nitrogen and oxygen atoms in total. The Labute approximate surface area is 126 Å². The van der Waals surface area contributed by atoms with Gasteiger partial charge in [-0.15, -0.1) is 0 Å². The molecule has 18 heavy (non-hydrogen) atoms. The lowest BCUT2D eigenvalue weighted by molar-refractivity contribution is 0.0950. The molecule has 94 valence electrons. The Kier molecular flexibility index (Phi) is 4.41. The third-order valence-electron chi connectivity index (χ3n) is 2.19. The number of carbonyl (C=O) groups excluding carboxylic acids is 1. The van der Waals surface area contributed by atoms with Crippen LogP contribution in [-0.4, -0.2) is 10.9 Å². The van der Waals surface area contributed by atoms with Crippen LogP contribution >= 0.6 is 45.5 Å². The minimum absolute atomic E-state index is 0.128. The molecule has 1 amide bonds. The lowest BCUT2D eigenvalue weighted by atomic mass is 10.2. The molecule has 0 radical (unpaired) electrons. The zero-order valence-electron chi connectivity index (χ0n) is 9.00. The fourth-order valence-corrected chi connectivity index (χ4v) is 2.41. The van der Waals surface area contributed by atoms with Crippen LogP contribution in [0.3, 0.4) is 0 Å². The van der Waals surface area contributed by atoms with Crippen molar-refractivity contribution in [1.29, 1.82) is 0 Å². The topological polar surface area (TPSA) is 62.0 Å². The molecule has 0 saturated carbocycles. The Balaban J connectivity index is 2.03. The van der Waals surface area contributed by atoms with E-state index in [1.165, 1.54) is 0 Å². The number of aromatic amines is 1. The van der Waals surface area contributed by atoms with E-state index in [0.29, 0.717) is 22.8 Å². The number of carbonyl (C=O) groups is 1. The molecule has 1 aromatic heterocycles. The average Bonchev–Trinajstić information content (AvgIpc) is 2.75. The summed E-state index contributed by atoms with van der Waals surface area (Å²) >= 11 is 9.11. The van der Waals surface area contributed by atoms with Crippen molar-refractivity contribution in [2.45, 2.75) is 6.54 Å². The summed E-state index contributed by atoms with van der Waals surface area (Å²) in [5, 5.41) is 4.94. The molecule has 0 aliphatic carbocycles. The zero-order chi connectivity index (χ0) is 13.1. The molecule has 2 N–H and O–H groups in total. The SMILES string of the molecule is O=C(NCc1csc(=O)[nH]1)c1ccc(I)c(Cl)c1. The predicted octanol–water partition coefficient (Wildman–Crippen LogP) is 2.62. The molecule has 1 aromatic carbocycles. The Morgan fingerprint density at radius 3 is 2.89 bits per heavy atom. The Morgan fingerprint density at radius 1 is 1.50 bits per heavy atom. The highest BCUT2D eigenvalue weighted by Crippen LogP contribution is 2.19. The van der Waals surface area contributed by atoms with E-state index in [4.69, 9.17) is 11.6 Å². The van der Waals surface area contributed by atoms with Crippen LogP contribution in [-0.2, 0) is 6.54 Å². The number of hydrogen-bond donors (Lipinski definition) is 2. The molecule has 0 unspecified atom stereocenters. The van der Waals surface area contributed by atoms with Gasteiger partial charge < -0.3 is 10.3 Å². The number of benzene rings is 1. The maximum Gasteiger partial charge on any atom is 0.304 e. The monoisotopic (exact) mass is 394 g/mol. The first kappa shape index (κ1) is 13.6. The highest BCUT2D eigenvalue weighted by molar-refractivity contribution is 14.1. The van der Waals surface area contributed by atoms with Gasteiger partial charge in [0, 0.05) is 20.2 Å². The van der Waals surface area contributed by atoms with Crippen molar-refractivity contribution >= 4 is 51.4 Å². The molecule has 0 saturated heterocycles. The summed E-state index contributed by atoms with van der Waals surface area (Å²) in [5.74, 6) is -0.222. The van der Waals surface area contributed by atoms with Crippen LogP contribution in [0, 0.1) is 3.57 Å². The number of rotatable bonds is 3. The van der Waals surface area contributed by atoms with Gasteiger partial charge in [0.25, 0.3) is 5.91 Å². The second-order valence-corrected chi connectivity index (χ2v) is 5.90. The van der Waals surface area contributed by atoms with Crippen molar-refractivity contribution in [3.63, 3.8) is 0 Å². The van der Waals surface area contributed by atoms with Crippen molar-refractivity contribution in [3.05, 3.63) is 53.1 Å². The average molecular weight is 395 g/mol. The fraction of sp³-hybridized carbons (Fsp3) is 0.0909. The van der Waals surface area contributed by atoms with Gasteiger partial charge in [0.1, 0.15) is 0 Å². The normalized spacial score (nSPS) is 10.3. The van der Waals surface area contributed by atoms with Gasteiger partial charge in [0.15, 0.2) is 0 Å². The van der Waals surface area contributed by atoms with Crippen LogP contribution in [0.15, 0.2) is 28.4 Å². The van der Waals surface area contributed by atoms with E-state index in [2.05, 4.69) is 32.9 Å². The second kappa shape index (κ2) is 5.85. The maximum absolute atomic E-state index is 11.8. The summed E-state index contributed by atoms with van der Waals surface area (Å²) in [4.78, 5) is 25.2. The van der Waals surface area contributed by atoms with Gasteiger partial charge in [0.05, 0.1) is 11.6 Å². The Hall–Kier alpha value is -0.860. The number of hydrogen-bond acceptors (Lipinski definition) is 3. The van der Waals surface area contributed by atoms with Crippen molar-refractivity contribution in [1.82, 2.24) is 10.3 Å². The third-order valence-corrected chi connectivity index (χ3v) is 4.48. The van der Waals surface area contributed by atoms with E-state index in [9.17, 15) is 9.59 Å². The summed E-state index contributed by atoms with van der Waals surface area (Å²) in [6, 6.07) is 5.11. The predicted molar refractivity (Wildman–Crippen MR) is 80.3 cm³/mol. The molecule has 0 bridgehead atoms. The van der Waals surface area contributed by atoms with Crippen LogP contribution in [0.1, 0.15) is 16.1 Å². The first-order valence-electron chi connectivity index (χ1n) is 4.96. The van der Waals surface area contributed by atoms with Crippen LogP contribution in [0.2, 0.25) is 5.02 Å². The van der Waals surface area contributed by atoms with E-state index in [1.54, 1.807) is 23.6 Å². The number of amides is 1. The molecule has 7 heteroatoms. The lowest BCUT2D eigenvalue weighted by Gasteiger charge is -2.04. The first-order chi connectivity index (χ1) is 8.56. The van der Waals surface area contributed by atoms with Crippen LogP contribution in [0.4, 0.5) is 0 Å². The second-order valence-electron chi connectivity index (χ2n) is 3.48. The van der Waals surface area contributed by atoms with Gasteiger partial charge in [-0.05, 0) is 40.8 Å². The quantitative estimate of drug-likeness (QED) is 0.786. The van der Waals surface area contributed by atoms with E-state index in [0.717, 1.165) is 14.9 Å². The van der Waals surface area contributed by atoms with Gasteiger partial charge in [-0.3, -0.25) is 9.59 Å². The number of nitrogens with one attached hydrogen (secondary N) is 2. The molecule has 0 spiro atoms. The molecule has 2 rings (SSSR count). The smallest absolute Gasteiger partial charge is 0.304 e. The summed E-state index contributed by atoms with van der Waals surface area (Å²) in [6.45, 7) is 0.293. The van der Waals surface area contributed by atoms with Crippen LogP contribution < -0.4 is 10.2 Å². The fourth-order valence-electron chi connectivity index (χ4n) is 1.32. The van der Waals surface area contributed by atoms with E-state index < -0.39 is 0 Å². The number of H-pyrrole nitrogens is 1. The molecule has 0 aliphatic rings. The summed E-state index contributed by atoms with van der Waals surface area (Å²) in [5.41, 5.74) is 1.19. The molecule has 0 atom stereocenters. The molecule has 1 heterocycles. The minimum atomic E-state index is -0.222. The third kappa shape index (κ3) is 3.33. The Morgan fingerprint density at radius 2 is 2.28 bits per heavy atom. The molecule has 0 fully saturated rings. The Bertz CT molecular complexity index is 638. The van der Waals surface area contributed by atoms with E-state index in [1.807, 2.05) is 0 Å². The largest absolute Gasteiger partial charge is 0.346 e. The van der Waals surface area contributed by atoms with Gasteiger partial charge >= 0.3 is 4.87 Å². The maximum atomic E-state index is 11.8. The van der Waals surface area contributed by atoms with Gasteiger partial charge in [-0.1, -0.05) is 22.9 Å². The highest BCUT2D eigenvalue weighted by atomic mass is 127. The number of halogens is 2. The summed E-state index contributed by atoms with van der Waals surface area (Å²) in [6.07, 6.45) is 0. The lowest BCUT2D eigenvalue weighted by Crippen LogP contribution is -2.23. The molecule has 0 aliphatic heterocycles. The number of aromatic nitrogens is 1. The van der Waals surface area contributed by atoms with Crippen molar-refractivity contribution < 1.29 is 4.79 Å². The van der Waals surface area contributed by atoms with Gasteiger partial charge in [-0.2, -0.15) is 0 Å². The van der Waals surface area contributed by atoms with Crippen molar-refractivity contribution in [3.8, 4) is 0 Å². The first-order valence-corrected chi connectivity index (χ1v) is 7.30. The van der Waals surface area contributed by atoms with E-state index in [-0.39, 0.29) is 10.8 Å². The standard InChI is InChI=1S/C11H8ClIN2O2S/c12-8-3-6(1-2-9(8)13)10(16)14-4-7-5-18-11(17)15-7/h1-3,5H,4H2,(H,14,16)(H,15,17). The van der Waals surface area contributed by atoms with Gasteiger partial charge in [0.2, 0.25) is 0 Å². The minimum Gasteiger partial charge on any atom is -0.346 e. The molecule has 2 aromatic rings. The van der Waals surface area contributed by atoms with Crippen molar-refractivity contribution in [2.75, 3.05) is 0 Å². The van der Waals surface area contributed by atoms with Crippen LogP contribution in [0.5, 0.6) is 0 Å². The van der Waals surface area contributed by atoms with Crippen LogP contribution in [0.25, 0.3) is 0 Å². The van der Waals surface area contributed by atoms with E-state index >= 15 is 0 Å². The zero-order valence-corrected chi connectivity index (χ0v) is 12.7. The summed E-state index contributed by atoms with van der Waals surface area (Å²) in [7, 11) is 0. The number of thiazole rings is 1. The van der Waals surface area contributed by atoms with Gasteiger partial charge in [-0.25, -0.2) is 0 Å².